The van der Waals surface area contributed by atoms with Gasteiger partial charge in [0.1, 0.15) is 11.4 Å². The lowest BCUT2D eigenvalue weighted by molar-refractivity contribution is 0.0534. The number of aromatic nitrogens is 6. The summed E-state index contributed by atoms with van der Waals surface area (Å²) in [5.41, 5.74) is 13.7. The first-order valence-electron chi connectivity index (χ1n) is 31.7. The second-order valence-corrected chi connectivity index (χ2v) is 24.0. The zero-order valence-electron chi connectivity index (χ0n) is 52.6. The molecule has 5 aromatic heterocycles. The van der Waals surface area contributed by atoms with Crippen molar-refractivity contribution >= 4 is 23.6 Å². The molecule has 4 N–H and O–H groups in total. The van der Waals surface area contributed by atoms with Crippen LogP contribution in [0.2, 0.25) is 0 Å². The van der Waals surface area contributed by atoms with Crippen molar-refractivity contribution in [2.45, 2.75) is 157 Å². The molecule has 468 valence electrons. The number of nitrogens with two attached hydrogens (primary N) is 1. The molecule has 2 saturated heterocycles. The number of carboxylic acids is 1. The second-order valence-electron chi connectivity index (χ2n) is 24.0. The summed E-state index contributed by atoms with van der Waals surface area (Å²) < 4.78 is 5.47. The quantitative estimate of drug-likeness (QED) is 0.0150. The number of carbonyl (C=O) groups is 3. The first-order chi connectivity index (χ1) is 42.7. The largest absolute Gasteiger partial charge is 0.478 e. The van der Waals surface area contributed by atoms with Gasteiger partial charge in [0.05, 0.1) is 11.1 Å². The Labute approximate surface area is 520 Å². The Morgan fingerprint density at radius 2 is 1.08 bits per heavy atom. The number of pyridine rings is 4. The summed E-state index contributed by atoms with van der Waals surface area (Å²) >= 11 is 0. The number of carbonyl (C=O) groups excluding carboxylic acids is 2. The van der Waals surface area contributed by atoms with Gasteiger partial charge in [-0.05, 0) is 148 Å². The van der Waals surface area contributed by atoms with Crippen molar-refractivity contribution in [1.82, 2.24) is 49.7 Å². The van der Waals surface area contributed by atoms with Crippen LogP contribution >= 0.6 is 0 Å². The molecule has 7 aromatic rings. The molecule has 2 amide bonds. The third-order valence-electron chi connectivity index (χ3n) is 16.3. The van der Waals surface area contributed by atoms with Gasteiger partial charge in [0.2, 0.25) is 5.82 Å². The van der Waals surface area contributed by atoms with Crippen LogP contribution in [0.1, 0.15) is 178 Å². The number of likely N-dealkylation sites (tertiary alicyclic amines) is 2. The van der Waals surface area contributed by atoms with Gasteiger partial charge in [0, 0.05) is 99.7 Å². The van der Waals surface area contributed by atoms with Gasteiger partial charge < -0.3 is 40.2 Å². The summed E-state index contributed by atoms with van der Waals surface area (Å²) in [6.07, 6.45) is 25.4. The minimum absolute atomic E-state index is 0.00379. The van der Waals surface area contributed by atoms with Crippen LogP contribution in [-0.2, 0) is 25.9 Å². The van der Waals surface area contributed by atoms with Crippen LogP contribution in [0, 0.1) is 11.8 Å². The molecule has 9 rings (SSSR count). The topological polar surface area (TPSA) is 233 Å². The van der Waals surface area contributed by atoms with E-state index in [9.17, 15) is 14.4 Å². The number of nitrogens with zero attached hydrogens (tertiary/aromatic N) is 11. The average Bonchev–Trinajstić information content (AvgIpc) is 4.25. The number of amides is 2. The van der Waals surface area contributed by atoms with E-state index in [1.54, 1.807) is 18.5 Å². The molecule has 0 saturated carbocycles. The SMILES string of the molecule is CCCCCc1ccc(C(=O)N(Cc2ccc(-c3noc(-c4cccnc4)n3)cc2)C2CCN(CCC(C)C)CC2)nc1.CCCCCc1ccc(C(=O)N(Cc2ccc(/C(N)=N/O)cc2)C2CCN(CCC(C)C)CC2)nc1.O=C(O)c1cccnc1. The van der Waals surface area contributed by atoms with Gasteiger partial charge in [-0.2, -0.15) is 4.98 Å². The van der Waals surface area contributed by atoms with E-state index in [1.165, 1.54) is 68.1 Å². The van der Waals surface area contributed by atoms with E-state index in [0.29, 0.717) is 53.6 Å². The minimum atomic E-state index is -0.942. The van der Waals surface area contributed by atoms with E-state index in [2.05, 4.69) is 105 Å². The number of aryl methyl sites for hydroxylation is 2. The molecule has 0 atom stereocenters. The zero-order chi connectivity index (χ0) is 62.6. The lowest BCUT2D eigenvalue weighted by atomic mass is 10.00. The molecular weight excluding hydrogens is 1100 g/mol. The standard InChI is InChI=1S/C35H44N6O2.C29H43N5O2.C6H5NO2/c1-4-5-6-8-27-12-15-32(37-23-27)35(42)41(31-17-21-40(22-18-31)20-16-26(2)3)25-28-10-13-29(14-11-28)33-38-34(43-39-33)30-9-7-19-36-24-30;1-4-5-6-7-23-10-13-27(31-20-23)29(35)34(21-24-8-11-25(12-9-24)28(30)32-36)26-15-18-33(19-16-26)17-14-22(2)3;8-6(9)5-2-1-3-7-4-5/h7,9-15,19,23-24,26,31H,4-6,8,16-18,20-22,25H2,1-3H3;8-13,20,22,26,36H,4-7,14-19,21H2,1-3H3,(H2,30,32);1-4H,(H,8,9). The highest BCUT2D eigenvalue weighted by Gasteiger charge is 2.31. The van der Waals surface area contributed by atoms with E-state index < -0.39 is 5.97 Å². The highest BCUT2D eigenvalue weighted by atomic mass is 16.5. The molecule has 2 aliphatic rings. The van der Waals surface area contributed by atoms with Crippen LogP contribution in [0.5, 0.6) is 0 Å². The fourth-order valence-corrected chi connectivity index (χ4v) is 10.8. The molecule has 0 unspecified atom stereocenters. The molecular formula is C70H92N12O6. The highest BCUT2D eigenvalue weighted by molar-refractivity contribution is 5.97. The molecule has 0 radical (unpaired) electrons. The summed E-state index contributed by atoms with van der Waals surface area (Å²) in [7, 11) is 0. The Morgan fingerprint density at radius 1 is 0.602 bits per heavy atom. The fourth-order valence-electron chi connectivity index (χ4n) is 10.8. The summed E-state index contributed by atoms with van der Waals surface area (Å²) in [6, 6.07) is 30.7. The molecule has 7 heterocycles. The molecule has 2 fully saturated rings. The monoisotopic (exact) mass is 1200 g/mol. The van der Waals surface area contributed by atoms with Crippen LogP contribution < -0.4 is 5.73 Å². The summed E-state index contributed by atoms with van der Waals surface area (Å²) in [5, 5.41) is 24.5. The second kappa shape index (κ2) is 35.6. The Morgan fingerprint density at radius 3 is 1.48 bits per heavy atom. The highest BCUT2D eigenvalue weighted by Crippen LogP contribution is 2.27. The van der Waals surface area contributed by atoms with Gasteiger partial charge in [-0.25, -0.2) is 4.79 Å². The summed E-state index contributed by atoms with van der Waals surface area (Å²) in [4.78, 5) is 68.4. The smallest absolute Gasteiger partial charge is 0.337 e. The number of hydrogen-bond donors (Lipinski definition) is 3. The predicted octanol–water partition coefficient (Wildman–Crippen LogP) is 12.9. The molecule has 88 heavy (non-hydrogen) atoms. The number of aromatic carboxylic acids is 1. The molecule has 2 aliphatic heterocycles. The van der Waals surface area contributed by atoms with E-state index in [-0.39, 0.29) is 35.3 Å². The van der Waals surface area contributed by atoms with E-state index in [4.69, 9.17) is 20.6 Å². The Hall–Kier alpha value is -8.22. The minimum Gasteiger partial charge on any atom is -0.478 e. The molecule has 18 heteroatoms. The Balaban J connectivity index is 0.000000222. The van der Waals surface area contributed by atoms with Gasteiger partial charge in [0.15, 0.2) is 5.84 Å². The third-order valence-corrected chi connectivity index (χ3v) is 16.3. The van der Waals surface area contributed by atoms with Crippen LogP contribution in [-0.4, -0.2) is 135 Å². The van der Waals surface area contributed by atoms with Crippen LogP contribution in [0.4, 0.5) is 0 Å². The molecule has 0 bridgehead atoms. The van der Waals surface area contributed by atoms with Gasteiger partial charge in [-0.1, -0.05) is 138 Å². The third kappa shape index (κ3) is 21.3. The maximum Gasteiger partial charge on any atom is 0.337 e. The van der Waals surface area contributed by atoms with Crippen LogP contribution in [0.3, 0.4) is 0 Å². The van der Waals surface area contributed by atoms with E-state index in [0.717, 1.165) is 113 Å². The van der Waals surface area contributed by atoms with Gasteiger partial charge in [-0.15, -0.1) is 0 Å². The lowest BCUT2D eigenvalue weighted by Crippen LogP contribution is -2.47. The average molecular weight is 1200 g/mol. The number of carboxylic acid groups (broad SMARTS) is 1. The van der Waals surface area contributed by atoms with Crippen LogP contribution in [0.15, 0.2) is 144 Å². The summed E-state index contributed by atoms with van der Waals surface area (Å²) in [6.45, 7) is 20.8. The van der Waals surface area contributed by atoms with E-state index in [1.807, 2.05) is 88.9 Å². The number of hydrogen-bond acceptors (Lipinski definition) is 14. The fraction of sp³-hybridized carbons (Fsp3) is 0.457. The number of amidine groups is 1. The normalized spacial score (nSPS) is 14.2. The van der Waals surface area contributed by atoms with Crippen LogP contribution in [0.25, 0.3) is 22.8 Å². The number of unbranched alkanes of at least 4 members (excludes halogenated alkanes) is 4. The molecule has 2 aromatic carbocycles. The predicted molar refractivity (Wildman–Crippen MR) is 346 cm³/mol. The Bertz CT molecular complexity index is 3180. The summed E-state index contributed by atoms with van der Waals surface area (Å²) in [5.74, 6) is 1.48. The van der Waals surface area contributed by atoms with Crippen molar-refractivity contribution in [2.24, 2.45) is 22.7 Å². The lowest BCUT2D eigenvalue weighted by Gasteiger charge is -2.38. The number of benzene rings is 2. The van der Waals surface area contributed by atoms with E-state index >= 15 is 0 Å². The number of oxime groups is 1. The van der Waals surface area contributed by atoms with Crippen molar-refractivity contribution in [3.8, 4) is 22.8 Å². The van der Waals surface area contributed by atoms with Crippen molar-refractivity contribution in [1.29, 1.82) is 0 Å². The van der Waals surface area contributed by atoms with Gasteiger partial charge >= 0.3 is 5.97 Å². The van der Waals surface area contributed by atoms with Gasteiger partial charge in [0.25, 0.3) is 17.7 Å². The molecule has 0 aliphatic carbocycles. The first kappa shape index (κ1) is 67.3. The first-order valence-corrected chi connectivity index (χ1v) is 31.7. The van der Waals surface area contributed by atoms with Crippen molar-refractivity contribution < 1.29 is 29.2 Å². The van der Waals surface area contributed by atoms with Crippen molar-refractivity contribution in [2.75, 3.05) is 39.3 Å². The molecule has 18 nitrogen and oxygen atoms in total. The maximum absolute atomic E-state index is 14.0. The number of rotatable bonds is 26. The van der Waals surface area contributed by atoms with Crippen molar-refractivity contribution in [3.05, 3.63) is 179 Å². The van der Waals surface area contributed by atoms with Gasteiger partial charge in [-0.3, -0.25) is 29.5 Å². The molecule has 0 spiro atoms. The Kier molecular flexibility index (Phi) is 27.2. The number of piperidine rings is 2. The maximum atomic E-state index is 14.0. The zero-order valence-corrected chi connectivity index (χ0v) is 52.6. The van der Waals surface area contributed by atoms with Crippen molar-refractivity contribution in [3.63, 3.8) is 0 Å².